The number of rotatable bonds is 8. The predicted octanol–water partition coefficient (Wildman–Crippen LogP) is 6.46. The van der Waals surface area contributed by atoms with Crippen molar-refractivity contribution in [3.8, 4) is 0 Å². The Labute approximate surface area is 223 Å². The highest BCUT2D eigenvalue weighted by Gasteiger charge is 2.44. The van der Waals surface area contributed by atoms with Crippen LogP contribution in [0.25, 0.3) is 0 Å². The van der Waals surface area contributed by atoms with Gasteiger partial charge in [-0.1, -0.05) is 35.4 Å². The Bertz CT molecular complexity index is 1090. The lowest BCUT2D eigenvalue weighted by Crippen LogP contribution is -2.35. The maximum atomic E-state index is 6.30. The average molecular weight is 505 g/mol. The van der Waals surface area contributed by atoms with Crippen molar-refractivity contribution in [2.24, 2.45) is 15.4 Å². The van der Waals surface area contributed by atoms with E-state index in [0.717, 1.165) is 13.1 Å². The Hall–Kier alpha value is -3.02. The van der Waals surface area contributed by atoms with Crippen LogP contribution in [0, 0.1) is 47.0 Å². The average Bonchev–Trinajstić information content (AvgIpc) is 3.35. The predicted molar refractivity (Wildman–Crippen MR) is 156 cm³/mol. The van der Waals surface area contributed by atoms with Gasteiger partial charge >= 0.3 is 0 Å². The van der Waals surface area contributed by atoms with Crippen LogP contribution in [0.15, 0.2) is 34.3 Å². The summed E-state index contributed by atoms with van der Waals surface area (Å²) in [5.74, 6) is 1.41. The fourth-order valence-electron chi connectivity index (χ4n) is 5.54. The first-order valence-electron chi connectivity index (χ1n) is 13.5. The second kappa shape index (κ2) is 10.4. The number of hydrogen-bond acceptors (Lipinski definition) is 6. The number of hydrogen-bond donors (Lipinski definition) is 2. The number of nitrogens with zero attached hydrogens (tertiary/aromatic N) is 2. The topological polar surface area (TPSA) is 67.2 Å². The molecule has 0 amide bonds. The summed E-state index contributed by atoms with van der Waals surface area (Å²) in [4.78, 5) is 10.0. The molecule has 0 spiro atoms. The minimum absolute atomic E-state index is 0.0165. The van der Waals surface area contributed by atoms with E-state index in [0.29, 0.717) is 11.8 Å². The molecule has 4 rings (SSSR count). The molecule has 6 nitrogen and oxygen atoms in total. The van der Waals surface area contributed by atoms with Gasteiger partial charge in [-0.25, -0.2) is 9.98 Å². The Morgan fingerprint density at radius 2 is 0.973 bits per heavy atom. The van der Waals surface area contributed by atoms with Gasteiger partial charge in [0.2, 0.25) is 0 Å². The van der Waals surface area contributed by atoms with E-state index in [9.17, 15) is 0 Å². The van der Waals surface area contributed by atoms with Gasteiger partial charge in [0.05, 0.1) is 0 Å². The summed E-state index contributed by atoms with van der Waals surface area (Å²) in [6.45, 7) is 22.7. The monoisotopic (exact) mass is 504 g/mol. The van der Waals surface area contributed by atoms with Gasteiger partial charge in [-0.3, -0.25) is 0 Å². The van der Waals surface area contributed by atoms with Crippen LogP contribution in [0.5, 0.6) is 0 Å². The fraction of sp³-hybridized carbons (Fsp3) is 0.548. The van der Waals surface area contributed by atoms with Crippen LogP contribution in [0.2, 0.25) is 0 Å². The van der Waals surface area contributed by atoms with Crippen LogP contribution in [0.1, 0.15) is 61.1 Å². The number of aliphatic imine (C=N–C) groups is 2. The molecule has 2 aromatic carbocycles. The molecule has 2 aliphatic rings. The van der Waals surface area contributed by atoms with E-state index in [2.05, 4.69) is 104 Å². The van der Waals surface area contributed by atoms with Crippen LogP contribution in [0.3, 0.4) is 0 Å². The van der Waals surface area contributed by atoms with Crippen molar-refractivity contribution in [3.63, 3.8) is 0 Å². The molecular formula is C31H44N4O2. The van der Waals surface area contributed by atoms with Crippen molar-refractivity contribution in [1.82, 2.24) is 0 Å². The lowest BCUT2D eigenvalue weighted by atomic mass is 9.93. The van der Waals surface area contributed by atoms with Crippen molar-refractivity contribution in [2.75, 3.05) is 23.7 Å². The maximum Gasteiger partial charge on any atom is 0.199 e. The molecule has 0 aliphatic carbocycles. The Morgan fingerprint density at radius 3 is 1.30 bits per heavy atom. The van der Waals surface area contributed by atoms with Crippen LogP contribution in [-0.4, -0.2) is 49.2 Å². The number of anilines is 2. The van der Waals surface area contributed by atoms with Gasteiger partial charge in [-0.15, -0.1) is 0 Å². The number of benzene rings is 2. The van der Waals surface area contributed by atoms with Crippen molar-refractivity contribution in [2.45, 2.75) is 93.5 Å². The van der Waals surface area contributed by atoms with Gasteiger partial charge in [0.25, 0.3) is 0 Å². The van der Waals surface area contributed by atoms with Gasteiger partial charge < -0.3 is 20.1 Å². The summed E-state index contributed by atoms with van der Waals surface area (Å²) >= 11 is 0. The van der Waals surface area contributed by atoms with Gasteiger partial charge in [0.15, 0.2) is 11.8 Å². The number of nitrogens with one attached hydrogen (secondary N) is 2. The van der Waals surface area contributed by atoms with E-state index in [1.54, 1.807) is 0 Å². The molecule has 0 radical (unpaired) electrons. The molecule has 2 aromatic rings. The fourth-order valence-corrected chi connectivity index (χ4v) is 5.54. The van der Waals surface area contributed by atoms with Crippen molar-refractivity contribution >= 4 is 23.2 Å². The molecule has 4 atom stereocenters. The standard InChI is InChI=1S/C31H44N4O2/c1-17-11-19(3)27(20(4)12-17)32-15-25-23(7)36-29(34-25)31(9,10)30-35-26(24(8)37-30)16-33-28-21(5)13-18(2)14-22(28)6/h11-14,23-26,32-33H,15-16H2,1-10H3/t23-,24-,25-,26-/m1/s1. The molecule has 0 saturated heterocycles. The molecule has 0 saturated carbocycles. The summed E-state index contributed by atoms with van der Waals surface area (Å²) in [5, 5.41) is 7.25. The van der Waals surface area contributed by atoms with Crippen LogP contribution >= 0.6 is 0 Å². The van der Waals surface area contributed by atoms with E-state index in [1.165, 1.54) is 44.8 Å². The van der Waals surface area contributed by atoms with Gasteiger partial charge in [-0.05, 0) is 91.5 Å². The zero-order chi connectivity index (χ0) is 27.1. The number of aryl methyl sites for hydroxylation is 6. The first-order chi connectivity index (χ1) is 17.4. The van der Waals surface area contributed by atoms with Gasteiger partial charge in [0, 0.05) is 24.5 Å². The van der Waals surface area contributed by atoms with Gasteiger partial charge in [0.1, 0.15) is 29.7 Å². The summed E-state index contributed by atoms with van der Waals surface area (Å²) in [7, 11) is 0. The van der Waals surface area contributed by atoms with Crippen molar-refractivity contribution < 1.29 is 9.47 Å². The molecule has 6 heteroatoms. The Kier molecular flexibility index (Phi) is 7.59. The van der Waals surface area contributed by atoms with E-state index >= 15 is 0 Å². The van der Waals surface area contributed by atoms with Crippen LogP contribution in [0.4, 0.5) is 11.4 Å². The minimum Gasteiger partial charge on any atom is -0.475 e. The first-order valence-corrected chi connectivity index (χ1v) is 13.5. The summed E-state index contributed by atoms with van der Waals surface area (Å²) in [5.41, 5.74) is 9.43. The molecule has 200 valence electrons. The van der Waals surface area contributed by atoms with Crippen LogP contribution < -0.4 is 10.6 Å². The van der Waals surface area contributed by atoms with E-state index < -0.39 is 5.41 Å². The highest BCUT2D eigenvalue weighted by Crippen LogP contribution is 2.33. The lowest BCUT2D eigenvalue weighted by molar-refractivity contribution is 0.179. The molecule has 37 heavy (non-hydrogen) atoms. The summed E-state index contributed by atoms with van der Waals surface area (Å²) < 4.78 is 12.6. The summed E-state index contributed by atoms with van der Waals surface area (Å²) in [6.07, 6.45) is -0.0329. The molecule has 0 bridgehead atoms. The molecule has 2 N–H and O–H groups in total. The third kappa shape index (κ3) is 5.63. The Morgan fingerprint density at radius 1 is 0.649 bits per heavy atom. The molecule has 2 aliphatic heterocycles. The van der Waals surface area contributed by atoms with Crippen LogP contribution in [-0.2, 0) is 9.47 Å². The second-order valence-corrected chi connectivity index (χ2v) is 11.6. The maximum absolute atomic E-state index is 6.30. The molecule has 0 aromatic heterocycles. The third-order valence-corrected chi connectivity index (χ3v) is 7.64. The highest BCUT2D eigenvalue weighted by atomic mass is 16.5. The minimum atomic E-state index is -0.530. The van der Waals surface area contributed by atoms with Crippen molar-refractivity contribution in [1.29, 1.82) is 0 Å². The summed E-state index contributed by atoms with van der Waals surface area (Å²) in [6, 6.07) is 8.91. The molecule has 0 unspecified atom stereocenters. The van der Waals surface area contributed by atoms with Crippen molar-refractivity contribution in [3.05, 3.63) is 57.6 Å². The first kappa shape index (κ1) is 27.0. The number of ether oxygens (including phenoxy) is 2. The van der Waals surface area contributed by atoms with E-state index in [1.807, 2.05) is 0 Å². The Balaban J connectivity index is 1.44. The lowest BCUT2D eigenvalue weighted by Gasteiger charge is -2.24. The second-order valence-electron chi connectivity index (χ2n) is 11.6. The zero-order valence-electron chi connectivity index (χ0n) is 24.2. The van der Waals surface area contributed by atoms with E-state index in [-0.39, 0.29) is 24.3 Å². The normalized spacial score (nSPS) is 23.3. The highest BCUT2D eigenvalue weighted by molar-refractivity contribution is 6.05. The van der Waals surface area contributed by atoms with E-state index in [4.69, 9.17) is 19.5 Å². The largest absolute Gasteiger partial charge is 0.475 e. The molecule has 0 fully saturated rings. The third-order valence-electron chi connectivity index (χ3n) is 7.64. The quantitative estimate of drug-likeness (QED) is 0.433. The zero-order valence-corrected chi connectivity index (χ0v) is 24.2. The van der Waals surface area contributed by atoms with Gasteiger partial charge in [-0.2, -0.15) is 0 Å². The molecule has 2 heterocycles. The smallest absolute Gasteiger partial charge is 0.199 e. The molecular weight excluding hydrogens is 460 g/mol. The SMILES string of the molecule is Cc1cc(C)c(NC[C@H]2N=C(C(C)(C)C3=N[C@H](CNc4c(C)cc(C)cc4C)[C@@H](C)O3)O[C@@H]2C)c(C)c1.